The monoisotopic (exact) mass is 382 g/mol. The first-order chi connectivity index (χ1) is 12.6. The van der Waals surface area contributed by atoms with Gasteiger partial charge in [-0.15, -0.1) is 0 Å². The minimum Gasteiger partial charge on any atom is -0.481 e. The Balaban J connectivity index is 3.21. The first-order valence-electron chi connectivity index (χ1n) is 8.96. The molecule has 0 aliphatic carbocycles. The number of hydrogen-bond acceptors (Lipinski definition) is 6. The number of aliphatic carboxylic acids is 1. The minimum atomic E-state index is -0.996. The van der Waals surface area contributed by atoms with Crippen LogP contribution in [0.3, 0.4) is 0 Å². The van der Waals surface area contributed by atoms with E-state index < -0.39 is 17.6 Å². The van der Waals surface area contributed by atoms with Crippen molar-refractivity contribution in [3.05, 3.63) is 22.2 Å². The Kier molecular flexibility index (Phi) is 8.93. The molecule has 1 aromatic heterocycles. The molecule has 0 fully saturated rings. The van der Waals surface area contributed by atoms with Gasteiger partial charge < -0.3 is 20.1 Å². The van der Waals surface area contributed by atoms with Gasteiger partial charge in [0.2, 0.25) is 5.91 Å². The Labute approximate surface area is 159 Å². The van der Waals surface area contributed by atoms with E-state index in [-0.39, 0.29) is 30.7 Å². The van der Waals surface area contributed by atoms with Crippen molar-refractivity contribution in [2.75, 3.05) is 34.3 Å². The fourth-order valence-electron chi connectivity index (χ4n) is 2.56. The highest BCUT2D eigenvalue weighted by molar-refractivity contribution is 5.80. The maximum Gasteiger partial charge on any atom is 0.314 e. The Morgan fingerprint density at radius 2 is 2.04 bits per heavy atom. The van der Waals surface area contributed by atoms with Gasteiger partial charge in [-0.3, -0.25) is 19.0 Å². The van der Waals surface area contributed by atoms with Gasteiger partial charge in [0, 0.05) is 25.7 Å². The second-order valence-electron chi connectivity index (χ2n) is 7.09. The van der Waals surface area contributed by atoms with Gasteiger partial charge in [0.1, 0.15) is 6.04 Å². The van der Waals surface area contributed by atoms with Crippen molar-refractivity contribution in [1.82, 2.24) is 19.8 Å². The molecule has 1 rings (SSSR count). The normalized spacial score (nSPS) is 12.3. The van der Waals surface area contributed by atoms with Crippen molar-refractivity contribution >= 4 is 11.9 Å². The Morgan fingerprint density at radius 1 is 1.37 bits per heavy atom. The molecular weight excluding hydrogens is 352 g/mol. The summed E-state index contributed by atoms with van der Waals surface area (Å²) in [6, 6.07) is -0.763. The highest BCUT2D eigenvalue weighted by atomic mass is 16.5. The summed E-state index contributed by atoms with van der Waals surface area (Å²) in [6.45, 7) is 4.64. The highest BCUT2D eigenvalue weighted by Crippen LogP contribution is 2.18. The van der Waals surface area contributed by atoms with Gasteiger partial charge in [-0.1, -0.05) is 13.8 Å². The highest BCUT2D eigenvalue weighted by Gasteiger charge is 2.25. The van der Waals surface area contributed by atoms with Gasteiger partial charge in [0.05, 0.1) is 19.2 Å². The average molecular weight is 382 g/mol. The molecule has 0 spiro atoms. The third kappa shape index (κ3) is 7.38. The molecule has 9 heteroatoms. The largest absolute Gasteiger partial charge is 0.481 e. The maximum atomic E-state index is 12.7. The number of likely N-dealkylation sites (N-methyl/N-ethyl adjacent to an activating group) is 1. The van der Waals surface area contributed by atoms with Gasteiger partial charge in [-0.2, -0.15) is 0 Å². The molecule has 0 saturated heterocycles. The van der Waals surface area contributed by atoms with Crippen LogP contribution in [-0.4, -0.2) is 65.7 Å². The summed E-state index contributed by atoms with van der Waals surface area (Å²) in [5.41, 5.74) is 0.164. The molecular formula is C18H30N4O5. The fourth-order valence-corrected chi connectivity index (χ4v) is 2.56. The van der Waals surface area contributed by atoms with E-state index in [1.54, 1.807) is 6.20 Å². The lowest BCUT2D eigenvalue weighted by molar-refractivity contribution is -0.137. The molecule has 0 aromatic carbocycles. The molecule has 1 heterocycles. The van der Waals surface area contributed by atoms with Crippen molar-refractivity contribution in [1.29, 1.82) is 0 Å². The van der Waals surface area contributed by atoms with Gasteiger partial charge in [-0.05, 0) is 26.4 Å². The number of hydrogen-bond donors (Lipinski definition) is 2. The number of carbonyl (C=O) groups is 2. The Morgan fingerprint density at radius 3 is 2.56 bits per heavy atom. The van der Waals surface area contributed by atoms with E-state index in [2.05, 4.69) is 10.3 Å². The van der Waals surface area contributed by atoms with Crippen LogP contribution >= 0.6 is 0 Å². The number of nitrogens with one attached hydrogen (secondary N) is 1. The van der Waals surface area contributed by atoms with Crippen molar-refractivity contribution in [2.45, 2.75) is 39.2 Å². The number of rotatable bonds is 11. The van der Waals surface area contributed by atoms with Crippen LogP contribution in [0.1, 0.15) is 38.4 Å². The van der Waals surface area contributed by atoms with Crippen LogP contribution in [0.2, 0.25) is 0 Å². The van der Waals surface area contributed by atoms with Crippen LogP contribution in [0, 0.1) is 5.92 Å². The first kappa shape index (κ1) is 22.6. The van der Waals surface area contributed by atoms with E-state index in [1.807, 2.05) is 32.8 Å². The summed E-state index contributed by atoms with van der Waals surface area (Å²) in [5.74, 6) is -1.29. The molecule has 0 aliphatic heterocycles. The SMILES string of the molecule is COc1nc(CCN(C)C)cn([C@@H](CC(C)C)C(=O)NCCC(=O)O)c1=O. The number of methoxy groups -OCH3 is 1. The molecule has 0 saturated carbocycles. The third-order valence-electron chi connectivity index (χ3n) is 3.93. The summed E-state index contributed by atoms with van der Waals surface area (Å²) in [7, 11) is 5.24. The van der Waals surface area contributed by atoms with Crippen molar-refractivity contribution in [3.63, 3.8) is 0 Å². The molecule has 9 nitrogen and oxygen atoms in total. The van der Waals surface area contributed by atoms with Crippen LogP contribution in [0.15, 0.2) is 11.0 Å². The van der Waals surface area contributed by atoms with E-state index in [0.29, 0.717) is 18.5 Å². The standard InChI is InChI=1S/C18H30N4O5/c1-12(2)10-14(16(25)19-8-6-15(23)24)22-11-13(7-9-21(3)4)20-17(27-5)18(22)26/h11-12,14H,6-10H2,1-5H3,(H,19,25)(H,23,24)/t14-/m0/s1. The second-order valence-corrected chi connectivity index (χ2v) is 7.09. The number of carboxylic acid groups (broad SMARTS) is 1. The van der Waals surface area contributed by atoms with Crippen molar-refractivity contribution < 1.29 is 19.4 Å². The minimum absolute atomic E-state index is 0.00716. The average Bonchev–Trinajstić information content (AvgIpc) is 2.58. The number of nitrogens with zero attached hydrogens (tertiary/aromatic N) is 3. The van der Waals surface area contributed by atoms with Crippen molar-refractivity contribution in [3.8, 4) is 5.88 Å². The molecule has 27 heavy (non-hydrogen) atoms. The van der Waals surface area contributed by atoms with E-state index >= 15 is 0 Å². The van der Waals surface area contributed by atoms with Crippen LogP contribution in [0.5, 0.6) is 5.88 Å². The molecule has 2 N–H and O–H groups in total. The zero-order valence-corrected chi connectivity index (χ0v) is 16.7. The Bertz CT molecular complexity index is 699. The smallest absolute Gasteiger partial charge is 0.314 e. The lowest BCUT2D eigenvalue weighted by atomic mass is 10.0. The van der Waals surface area contributed by atoms with Crippen LogP contribution in [0.25, 0.3) is 0 Å². The third-order valence-corrected chi connectivity index (χ3v) is 3.93. The number of amides is 1. The van der Waals surface area contributed by atoms with Gasteiger partial charge in [0.15, 0.2) is 0 Å². The summed E-state index contributed by atoms with van der Waals surface area (Å²) in [6.07, 6.45) is 2.44. The lowest BCUT2D eigenvalue weighted by Crippen LogP contribution is -2.39. The Hall–Kier alpha value is -2.42. The van der Waals surface area contributed by atoms with E-state index in [4.69, 9.17) is 9.84 Å². The van der Waals surface area contributed by atoms with E-state index in [9.17, 15) is 14.4 Å². The lowest BCUT2D eigenvalue weighted by Gasteiger charge is -2.22. The number of carbonyl (C=O) groups excluding carboxylic acids is 1. The molecule has 1 atom stereocenters. The fraction of sp³-hybridized carbons (Fsp3) is 0.667. The van der Waals surface area contributed by atoms with Crippen LogP contribution in [-0.2, 0) is 16.0 Å². The van der Waals surface area contributed by atoms with E-state index in [0.717, 1.165) is 6.54 Å². The van der Waals surface area contributed by atoms with E-state index in [1.165, 1.54) is 11.7 Å². The molecule has 0 unspecified atom stereocenters. The molecule has 0 aliphatic rings. The molecule has 1 amide bonds. The molecule has 0 bridgehead atoms. The first-order valence-corrected chi connectivity index (χ1v) is 8.96. The van der Waals surface area contributed by atoms with Gasteiger partial charge in [0.25, 0.3) is 5.88 Å². The number of carboxylic acids is 1. The van der Waals surface area contributed by atoms with Gasteiger partial charge in [-0.25, -0.2) is 4.98 Å². The predicted octanol–water partition coefficient (Wildman–Crippen LogP) is 0.534. The summed E-state index contributed by atoms with van der Waals surface area (Å²) < 4.78 is 6.47. The summed E-state index contributed by atoms with van der Waals surface area (Å²) in [5, 5.41) is 11.3. The molecule has 0 radical (unpaired) electrons. The van der Waals surface area contributed by atoms with Crippen molar-refractivity contribution in [2.24, 2.45) is 5.92 Å². The topological polar surface area (TPSA) is 114 Å². The second kappa shape index (κ2) is 10.7. The van der Waals surface area contributed by atoms with Crippen LogP contribution < -0.4 is 15.6 Å². The number of aromatic nitrogens is 2. The summed E-state index contributed by atoms with van der Waals surface area (Å²) >= 11 is 0. The zero-order chi connectivity index (χ0) is 20.6. The summed E-state index contributed by atoms with van der Waals surface area (Å²) in [4.78, 5) is 42.3. The zero-order valence-electron chi connectivity index (χ0n) is 16.7. The predicted molar refractivity (Wildman–Crippen MR) is 101 cm³/mol. The van der Waals surface area contributed by atoms with Gasteiger partial charge >= 0.3 is 11.5 Å². The van der Waals surface area contributed by atoms with Crippen LogP contribution in [0.4, 0.5) is 0 Å². The maximum absolute atomic E-state index is 12.7. The number of ether oxygens (including phenoxy) is 1. The molecule has 1 aromatic rings. The quantitative estimate of drug-likeness (QED) is 0.574. The molecule has 152 valence electrons.